The summed E-state index contributed by atoms with van der Waals surface area (Å²) < 4.78 is 11.0. The maximum atomic E-state index is 13.3. The molecule has 1 atom stereocenters. The number of methoxy groups -OCH3 is 1. The predicted molar refractivity (Wildman–Crippen MR) is 132 cm³/mol. The van der Waals surface area contributed by atoms with Gasteiger partial charge in [0.05, 0.1) is 18.5 Å². The first-order valence-electron chi connectivity index (χ1n) is 11.1. The molecule has 1 unspecified atom stereocenters. The van der Waals surface area contributed by atoms with Crippen molar-refractivity contribution in [3.8, 4) is 5.75 Å². The van der Waals surface area contributed by atoms with Crippen LogP contribution in [-0.2, 0) is 19.1 Å². The number of anilines is 2. The van der Waals surface area contributed by atoms with E-state index in [1.165, 1.54) is 12.1 Å². The minimum atomic E-state index is -1.24. The van der Waals surface area contributed by atoms with E-state index >= 15 is 0 Å². The Bertz CT molecular complexity index is 1260. The normalized spacial score (nSPS) is 14.1. The molecule has 35 heavy (non-hydrogen) atoms. The number of rotatable bonds is 7. The van der Waals surface area contributed by atoms with Gasteiger partial charge in [0.15, 0.2) is 0 Å². The Labute approximate surface area is 203 Å². The van der Waals surface area contributed by atoms with E-state index in [-0.39, 0.29) is 24.5 Å². The van der Waals surface area contributed by atoms with Gasteiger partial charge in [-0.2, -0.15) is 5.10 Å². The molecule has 8 nitrogen and oxygen atoms in total. The van der Waals surface area contributed by atoms with Gasteiger partial charge in [-0.25, -0.2) is 9.80 Å². The molecule has 1 heterocycles. The molecule has 1 aliphatic heterocycles. The molecule has 0 spiro atoms. The van der Waals surface area contributed by atoms with E-state index in [2.05, 4.69) is 10.4 Å². The lowest BCUT2D eigenvalue weighted by atomic mass is 10.1. The summed E-state index contributed by atoms with van der Waals surface area (Å²) >= 11 is 0. The molecule has 0 fully saturated rings. The van der Waals surface area contributed by atoms with Crippen LogP contribution in [0.3, 0.4) is 0 Å². The highest BCUT2D eigenvalue weighted by Crippen LogP contribution is 2.28. The number of nitrogens with one attached hydrogen (secondary N) is 1. The van der Waals surface area contributed by atoms with Gasteiger partial charge < -0.3 is 14.8 Å². The van der Waals surface area contributed by atoms with Gasteiger partial charge in [-0.15, -0.1) is 0 Å². The second kappa shape index (κ2) is 10.6. The third-order valence-corrected chi connectivity index (χ3v) is 5.45. The molecule has 0 bridgehead atoms. The third-order valence-electron chi connectivity index (χ3n) is 5.45. The maximum Gasteiger partial charge on any atom is 0.355 e. The number of esters is 1. The van der Waals surface area contributed by atoms with E-state index < -0.39 is 18.0 Å². The number of benzene rings is 3. The monoisotopic (exact) mass is 471 g/mol. The molecule has 2 amide bonds. The van der Waals surface area contributed by atoms with Crippen molar-refractivity contribution in [1.29, 1.82) is 0 Å². The summed E-state index contributed by atoms with van der Waals surface area (Å²) in [5.74, 6) is -1.05. The smallest absolute Gasteiger partial charge is 0.355 e. The van der Waals surface area contributed by atoms with Crippen molar-refractivity contribution in [3.63, 3.8) is 0 Å². The standard InChI is InChI=1S/C27H25N3O5/c1-18-13-15-23(34-2)22(17-18)28-26(32)25(19-9-5-3-6-10-19)35-27(33)21-14-16-24(31)30(29-21)20-11-7-4-8-12-20/h3-13,15,17,25H,14,16H2,1-2H3,(H,28,32). The summed E-state index contributed by atoms with van der Waals surface area (Å²) in [5.41, 5.74) is 2.50. The van der Waals surface area contributed by atoms with Gasteiger partial charge in [0.25, 0.3) is 5.91 Å². The van der Waals surface area contributed by atoms with Crippen LogP contribution in [0.1, 0.15) is 30.1 Å². The first kappa shape index (κ1) is 23.7. The van der Waals surface area contributed by atoms with E-state index in [0.29, 0.717) is 22.7 Å². The van der Waals surface area contributed by atoms with Gasteiger partial charge in [0, 0.05) is 18.4 Å². The Morgan fingerprint density at radius 1 is 0.971 bits per heavy atom. The second-order valence-corrected chi connectivity index (χ2v) is 7.98. The highest BCUT2D eigenvalue weighted by Gasteiger charge is 2.31. The molecule has 1 aliphatic rings. The van der Waals surface area contributed by atoms with E-state index in [4.69, 9.17) is 9.47 Å². The average molecular weight is 472 g/mol. The van der Waals surface area contributed by atoms with Crippen molar-refractivity contribution in [2.75, 3.05) is 17.4 Å². The fraction of sp³-hybridized carbons (Fsp3) is 0.185. The number of carbonyl (C=O) groups excluding carboxylic acids is 3. The van der Waals surface area contributed by atoms with Gasteiger partial charge >= 0.3 is 5.97 Å². The van der Waals surface area contributed by atoms with Gasteiger partial charge in [0.1, 0.15) is 11.5 Å². The number of hydrogen-bond donors (Lipinski definition) is 1. The predicted octanol–water partition coefficient (Wildman–Crippen LogP) is 4.41. The molecule has 0 saturated carbocycles. The Morgan fingerprint density at radius 2 is 1.66 bits per heavy atom. The van der Waals surface area contributed by atoms with Crippen LogP contribution in [0.2, 0.25) is 0 Å². The summed E-state index contributed by atoms with van der Waals surface area (Å²) in [6, 6.07) is 22.9. The Hall–Kier alpha value is -4.46. The highest BCUT2D eigenvalue weighted by molar-refractivity contribution is 6.38. The van der Waals surface area contributed by atoms with E-state index in [0.717, 1.165) is 5.56 Å². The lowest BCUT2D eigenvalue weighted by molar-refractivity contribution is -0.148. The first-order chi connectivity index (χ1) is 17.0. The Kier molecular flexibility index (Phi) is 7.21. The highest BCUT2D eigenvalue weighted by atomic mass is 16.5. The summed E-state index contributed by atoms with van der Waals surface area (Å²) in [5, 5.41) is 8.23. The summed E-state index contributed by atoms with van der Waals surface area (Å²) in [6.45, 7) is 1.89. The van der Waals surface area contributed by atoms with Crippen molar-refractivity contribution in [3.05, 3.63) is 90.0 Å². The van der Waals surface area contributed by atoms with Crippen LogP contribution >= 0.6 is 0 Å². The van der Waals surface area contributed by atoms with E-state index in [1.54, 1.807) is 66.7 Å². The molecule has 0 aliphatic carbocycles. The minimum Gasteiger partial charge on any atom is -0.495 e. The second-order valence-electron chi connectivity index (χ2n) is 7.98. The third kappa shape index (κ3) is 5.55. The summed E-state index contributed by atoms with van der Waals surface area (Å²) in [4.78, 5) is 38.8. The molecule has 0 saturated heterocycles. The van der Waals surface area contributed by atoms with Crippen molar-refractivity contribution in [2.24, 2.45) is 5.10 Å². The number of amides is 2. The number of hydrazone groups is 1. The van der Waals surface area contributed by atoms with Crippen molar-refractivity contribution >= 4 is 34.9 Å². The summed E-state index contributed by atoms with van der Waals surface area (Å²) in [6.07, 6.45) is -1.01. The maximum absolute atomic E-state index is 13.3. The SMILES string of the molecule is COc1ccc(C)cc1NC(=O)C(OC(=O)C1=NN(c2ccccc2)C(=O)CC1)c1ccccc1. The molecule has 3 aromatic rings. The average Bonchev–Trinajstić information content (AvgIpc) is 2.88. The zero-order valence-corrected chi connectivity index (χ0v) is 19.4. The van der Waals surface area contributed by atoms with Crippen LogP contribution in [0.5, 0.6) is 5.75 Å². The molecule has 3 aromatic carbocycles. The van der Waals surface area contributed by atoms with Crippen molar-refractivity contribution in [1.82, 2.24) is 0 Å². The zero-order valence-electron chi connectivity index (χ0n) is 19.4. The Balaban J connectivity index is 1.60. The van der Waals surface area contributed by atoms with Crippen LogP contribution in [-0.4, -0.2) is 30.6 Å². The van der Waals surface area contributed by atoms with Gasteiger partial charge in [-0.3, -0.25) is 9.59 Å². The molecular weight excluding hydrogens is 446 g/mol. The molecule has 8 heteroatoms. The number of hydrogen-bond acceptors (Lipinski definition) is 6. The van der Waals surface area contributed by atoms with Crippen molar-refractivity contribution in [2.45, 2.75) is 25.9 Å². The minimum absolute atomic E-state index is 0.0651. The largest absolute Gasteiger partial charge is 0.495 e. The van der Waals surface area contributed by atoms with Gasteiger partial charge in [0.2, 0.25) is 12.0 Å². The van der Waals surface area contributed by atoms with Crippen molar-refractivity contribution < 1.29 is 23.9 Å². The number of carbonyl (C=O) groups is 3. The first-order valence-corrected chi connectivity index (χ1v) is 11.1. The van der Waals surface area contributed by atoms with Crippen LogP contribution in [0.15, 0.2) is 84.0 Å². The number of nitrogens with zero attached hydrogens (tertiary/aromatic N) is 2. The van der Waals surface area contributed by atoms with Crippen LogP contribution in [0, 0.1) is 6.92 Å². The number of ether oxygens (including phenoxy) is 2. The lowest BCUT2D eigenvalue weighted by Gasteiger charge is -2.24. The Morgan fingerprint density at radius 3 is 2.34 bits per heavy atom. The molecule has 0 aromatic heterocycles. The lowest BCUT2D eigenvalue weighted by Crippen LogP contribution is -2.36. The molecule has 0 radical (unpaired) electrons. The van der Waals surface area contributed by atoms with Gasteiger partial charge in [-0.1, -0.05) is 54.6 Å². The van der Waals surface area contributed by atoms with E-state index in [9.17, 15) is 14.4 Å². The van der Waals surface area contributed by atoms with Crippen LogP contribution < -0.4 is 15.1 Å². The molecule has 178 valence electrons. The molecular formula is C27H25N3O5. The van der Waals surface area contributed by atoms with Gasteiger partial charge in [-0.05, 0) is 36.8 Å². The quantitative estimate of drug-likeness (QED) is 0.515. The van der Waals surface area contributed by atoms with Crippen LogP contribution in [0.25, 0.3) is 0 Å². The fourth-order valence-electron chi connectivity index (χ4n) is 3.67. The molecule has 4 rings (SSSR count). The number of para-hydroxylation sites is 1. The number of aryl methyl sites for hydroxylation is 1. The summed E-state index contributed by atoms with van der Waals surface area (Å²) in [7, 11) is 1.51. The molecule has 1 N–H and O–H groups in total. The van der Waals surface area contributed by atoms with E-state index in [1.807, 2.05) is 19.1 Å². The zero-order chi connectivity index (χ0) is 24.8. The topological polar surface area (TPSA) is 97.3 Å². The fourth-order valence-corrected chi connectivity index (χ4v) is 3.67. The van der Waals surface area contributed by atoms with Crippen LogP contribution in [0.4, 0.5) is 11.4 Å².